The van der Waals surface area contributed by atoms with Crippen LogP contribution in [0.2, 0.25) is 0 Å². The summed E-state index contributed by atoms with van der Waals surface area (Å²) in [6.45, 7) is 1.71. The fourth-order valence-corrected chi connectivity index (χ4v) is 1.86. The Labute approximate surface area is 116 Å². The maximum Gasteiger partial charge on any atom is 0.254 e. The molecule has 20 heavy (non-hydrogen) atoms. The first-order chi connectivity index (χ1) is 9.50. The molecule has 0 spiro atoms. The van der Waals surface area contributed by atoms with Crippen LogP contribution < -0.4 is 5.32 Å². The molecule has 1 aromatic carbocycles. The lowest BCUT2D eigenvalue weighted by molar-refractivity contribution is 0.0913. The number of aromatic nitrogens is 2. The molecule has 0 fully saturated rings. The van der Waals surface area contributed by atoms with E-state index < -0.39 is 11.9 Å². The van der Waals surface area contributed by atoms with Crippen LogP contribution >= 0.6 is 0 Å². The zero-order valence-electron chi connectivity index (χ0n) is 11.3. The first-order valence-electron chi connectivity index (χ1n) is 6.20. The van der Waals surface area contributed by atoms with E-state index in [0.29, 0.717) is 5.56 Å². The maximum atomic E-state index is 13.5. The van der Waals surface area contributed by atoms with E-state index in [-0.39, 0.29) is 18.0 Å². The summed E-state index contributed by atoms with van der Waals surface area (Å²) in [6.07, 6.45) is 0.372. The van der Waals surface area contributed by atoms with Gasteiger partial charge < -0.3 is 10.4 Å². The molecule has 1 aromatic heterocycles. The summed E-state index contributed by atoms with van der Waals surface area (Å²) in [5, 5.41) is 16.4. The van der Waals surface area contributed by atoms with Gasteiger partial charge in [0.2, 0.25) is 0 Å². The highest BCUT2D eigenvalue weighted by molar-refractivity contribution is 5.95. The zero-order chi connectivity index (χ0) is 14.7. The molecule has 0 saturated carbocycles. The van der Waals surface area contributed by atoms with Gasteiger partial charge >= 0.3 is 0 Å². The van der Waals surface area contributed by atoms with E-state index in [1.807, 2.05) is 0 Å². The number of aliphatic hydroxyl groups excluding tert-OH is 1. The van der Waals surface area contributed by atoms with Crippen molar-refractivity contribution >= 4 is 5.91 Å². The Balaban J connectivity index is 2.00. The fourth-order valence-electron chi connectivity index (χ4n) is 1.86. The van der Waals surface area contributed by atoms with E-state index in [1.165, 1.54) is 18.3 Å². The van der Waals surface area contributed by atoms with Gasteiger partial charge in [0.25, 0.3) is 5.91 Å². The minimum absolute atomic E-state index is 0.0614. The van der Waals surface area contributed by atoms with Crippen LogP contribution in [0.3, 0.4) is 0 Å². The van der Waals surface area contributed by atoms with Crippen LogP contribution in [0, 0.1) is 12.7 Å². The molecule has 0 aliphatic carbocycles. The number of rotatable bonds is 4. The molecule has 1 unspecified atom stereocenters. The molecule has 0 bridgehead atoms. The Kier molecular flexibility index (Phi) is 4.14. The number of hydrogen-bond acceptors (Lipinski definition) is 3. The molecule has 0 saturated heterocycles. The summed E-state index contributed by atoms with van der Waals surface area (Å²) in [5.41, 5.74) is 1.33. The molecular weight excluding hydrogens is 261 g/mol. The van der Waals surface area contributed by atoms with Crippen molar-refractivity contribution in [3.63, 3.8) is 0 Å². The molecular formula is C14H16FN3O2. The second-order valence-corrected chi connectivity index (χ2v) is 4.51. The molecule has 0 aliphatic rings. The summed E-state index contributed by atoms with van der Waals surface area (Å²) in [4.78, 5) is 11.9. The quantitative estimate of drug-likeness (QED) is 0.886. The molecule has 6 heteroatoms. The third kappa shape index (κ3) is 2.85. The second-order valence-electron chi connectivity index (χ2n) is 4.51. The number of amides is 1. The molecule has 1 atom stereocenters. The lowest BCUT2D eigenvalue weighted by Crippen LogP contribution is -2.29. The van der Waals surface area contributed by atoms with E-state index in [9.17, 15) is 14.3 Å². The van der Waals surface area contributed by atoms with Crippen LogP contribution in [-0.4, -0.2) is 27.3 Å². The number of carbonyl (C=O) groups excluding carboxylic acids is 1. The predicted molar refractivity (Wildman–Crippen MR) is 71.6 cm³/mol. The highest BCUT2D eigenvalue weighted by Crippen LogP contribution is 2.16. The molecule has 2 rings (SSSR count). The smallest absolute Gasteiger partial charge is 0.254 e. The summed E-state index contributed by atoms with van der Waals surface area (Å²) < 4.78 is 15.1. The first kappa shape index (κ1) is 14.2. The lowest BCUT2D eigenvalue weighted by Gasteiger charge is -2.12. The van der Waals surface area contributed by atoms with Gasteiger partial charge in [-0.1, -0.05) is 18.2 Å². The summed E-state index contributed by atoms with van der Waals surface area (Å²) in [7, 11) is 1.74. The molecule has 106 valence electrons. The summed E-state index contributed by atoms with van der Waals surface area (Å²) in [5.74, 6) is -0.835. The monoisotopic (exact) mass is 277 g/mol. The highest BCUT2D eigenvalue weighted by atomic mass is 19.1. The number of hydrogen-bond donors (Lipinski definition) is 2. The lowest BCUT2D eigenvalue weighted by atomic mass is 10.1. The Hall–Kier alpha value is -2.21. The average molecular weight is 277 g/mol. The second kappa shape index (κ2) is 5.83. The Bertz CT molecular complexity index is 625. The van der Waals surface area contributed by atoms with Crippen molar-refractivity contribution in [3.8, 4) is 0 Å². The van der Waals surface area contributed by atoms with E-state index in [4.69, 9.17) is 0 Å². The zero-order valence-corrected chi connectivity index (χ0v) is 11.3. The number of halogens is 1. The van der Waals surface area contributed by atoms with Crippen molar-refractivity contribution in [2.24, 2.45) is 7.05 Å². The van der Waals surface area contributed by atoms with Gasteiger partial charge in [-0.2, -0.15) is 5.10 Å². The number of benzene rings is 1. The molecule has 0 radical (unpaired) electrons. The summed E-state index contributed by atoms with van der Waals surface area (Å²) >= 11 is 0. The van der Waals surface area contributed by atoms with E-state index in [1.54, 1.807) is 30.8 Å². The van der Waals surface area contributed by atoms with Gasteiger partial charge in [-0.25, -0.2) is 4.39 Å². The van der Waals surface area contributed by atoms with Crippen molar-refractivity contribution in [1.82, 2.24) is 15.1 Å². The summed E-state index contributed by atoms with van der Waals surface area (Å²) in [6, 6.07) is 5.94. The van der Waals surface area contributed by atoms with E-state index >= 15 is 0 Å². The van der Waals surface area contributed by atoms with Crippen molar-refractivity contribution in [3.05, 3.63) is 53.1 Å². The third-order valence-corrected chi connectivity index (χ3v) is 3.20. The molecule has 0 aliphatic heterocycles. The molecule has 1 amide bonds. The Morgan fingerprint density at radius 2 is 2.20 bits per heavy atom. The van der Waals surface area contributed by atoms with Gasteiger partial charge in [0, 0.05) is 24.8 Å². The highest BCUT2D eigenvalue weighted by Gasteiger charge is 2.16. The van der Waals surface area contributed by atoms with Crippen LogP contribution in [0.4, 0.5) is 4.39 Å². The Morgan fingerprint density at radius 1 is 1.50 bits per heavy atom. The number of aliphatic hydroxyl groups is 1. The van der Waals surface area contributed by atoms with Gasteiger partial charge in [0.1, 0.15) is 5.82 Å². The minimum Gasteiger partial charge on any atom is -0.386 e. The topological polar surface area (TPSA) is 67.2 Å². The molecule has 1 heterocycles. The van der Waals surface area contributed by atoms with Crippen LogP contribution in [0.1, 0.15) is 27.7 Å². The van der Waals surface area contributed by atoms with Crippen LogP contribution in [0.5, 0.6) is 0 Å². The van der Waals surface area contributed by atoms with Crippen LogP contribution in [0.25, 0.3) is 0 Å². The number of nitrogens with one attached hydrogen (secondary N) is 1. The van der Waals surface area contributed by atoms with Crippen molar-refractivity contribution in [1.29, 1.82) is 0 Å². The van der Waals surface area contributed by atoms with Gasteiger partial charge in [0.15, 0.2) is 0 Å². The number of nitrogens with zero attached hydrogens (tertiary/aromatic N) is 2. The van der Waals surface area contributed by atoms with Gasteiger partial charge in [-0.15, -0.1) is 0 Å². The van der Waals surface area contributed by atoms with Crippen LogP contribution in [0.15, 0.2) is 30.5 Å². The first-order valence-corrected chi connectivity index (χ1v) is 6.20. The third-order valence-electron chi connectivity index (χ3n) is 3.20. The van der Waals surface area contributed by atoms with E-state index in [2.05, 4.69) is 10.4 Å². The minimum atomic E-state index is -1.09. The molecule has 5 nitrogen and oxygen atoms in total. The molecule has 2 aromatic rings. The van der Waals surface area contributed by atoms with Crippen molar-refractivity contribution in [2.45, 2.75) is 13.0 Å². The van der Waals surface area contributed by atoms with Gasteiger partial charge in [-0.3, -0.25) is 9.48 Å². The molecule has 2 N–H and O–H groups in total. The standard InChI is InChI=1S/C14H16FN3O2/c1-9-11(7-17-18(9)2)14(20)16-8-13(19)10-5-3-4-6-12(10)15/h3-7,13,19H,8H2,1-2H3,(H,16,20). The number of carbonyl (C=O) groups is 1. The maximum absolute atomic E-state index is 13.5. The van der Waals surface area contributed by atoms with Crippen LogP contribution in [-0.2, 0) is 7.05 Å². The average Bonchev–Trinajstić information content (AvgIpc) is 2.76. The van der Waals surface area contributed by atoms with Gasteiger partial charge in [-0.05, 0) is 13.0 Å². The SMILES string of the molecule is Cc1c(C(=O)NCC(O)c2ccccc2F)cnn1C. The van der Waals surface area contributed by atoms with Crippen molar-refractivity contribution < 1.29 is 14.3 Å². The largest absolute Gasteiger partial charge is 0.386 e. The normalized spacial score (nSPS) is 12.2. The number of aryl methyl sites for hydroxylation is 1. The van der Waals surface area contributed by atoms with Crippen molar-refractivity contribution in [2.75, 3.05) is 6.54 Å². The fraction of sp³-hybridized carbons (Fsp3) is 0.286. The van der Waals surface area contributed by atoms with Gasteiger partial charge in [0.05, 0.1) is 17.9 Å². The predicted octanol–water partition coefficient (Wildman–Crippen LogP) is 1.33. The Morgan fingerprint density at radius 3 is 2.80 bits per heavy atom. The van der Waals surface area contributed by atoms with E-state index in [0.717, 1.165) is 5.69 Å².